The molecular weight excluding hydrogens is 368 g/mol. The van der Waals surface area contributed by atoms with Gasteiger partial charge in [0.25, 0.3) is 0 Å². The first kappa shape index (κ1) is 19.6. The van der Waals surface area contributed by atoms with Crippen LogP contribution in [0.15, 0.2) is 24.3 Å². The minimum absolute atomic E-state index is 0.0493. The van der Waals surface area contributed by atoms with E-state index in [0.717, 1.165) is 34.9 Å². The van der Waals surface area contributed by atoms with E-state index in [0.29, 0.717) is 19.6 Å². The van der Waals surface area contributed by atoms with Crippen molar-refractivity contribution in [1.29, 1.82) is 0 Å². The number of benzene rings is 1. The van der Waals surface area contributed by atoms with Crippen LogP contribution in [0.3, 0.4) is 0 Å². The zero-order valence-electron chi connectivity index (χ0n) is 13.7. The van der Waals surface area contributed by atoms with Crippen molar-refractivity contribution in [2.24, 2.45) is 5.92 Å². The quantitative estimate of drug-likeness (QED) is 0.726. The first-order valence-corrected chi connectivity index (χ1v) is 11.3. The zero-order chi connectivity index (χ0) is 17.6. The van der Waals surface area contributed by atoms with Crippen molar-refractivity contribution in [3.63, 3.8) is 0 Å². The Bertz CT molecular complexity index is 667. The molecule has 1 amide bonds. The standard InChI is InChI=1S/C16H23ClN2O3S2/c1-24(21,22)19-8-3-5-14(11-19)16(20)18-7-9-23-12-13-4-2-6-15(17)10-13/h2,4,6,10,14H,3,5,7-9,11-12H2,1H3,(H,18,20). The summed E-state index contributed by atoms with van der Waals surface area (Å²) in [5.41, 5.74) is 1.16. The summed E-state index contributed by atoms with van der Waals surface area (Å²) in [5, 5.41) is 3.65. The number of carbonyl (C=O) groups excluding carboxylic acids is 1. The van der Waals surface area contributed by atoms with Crippen molar-refractivity contribution in [1.82, 2.24) is 9.62 Å². The molecule has 1 aliphatic heterocycles. The molecule has 5 nitrogen and oxygen atoms in total. The molecule has 24 heavy (non-hydrogen) atoms. The third-order valence-electron chi connectivity index (χ3n) is 3.93. The van der Waals surface area contributed by atoms with Gasteiger partial charge in [0.05, 0.1) is 12.2 Å². The summed E-state index contributed by atoms with van der Waals surface area (Å²) >= 11 is 7.67. The first-order valence-electron chi connectivity index (χ1n) is 7.91. The molecule has 1 fully saturated rings. The normalized spacial score (nSPS) is 19.2. The molecule has 0 saturated carbocycles. The van der Waals surface area contributed by atoms with Crippen LogP contribution in [0.25, 0.3) is 0 Å². The van der Waals surface area contributed by atoms with Crippen molar-refractivity contribution >= 4 is 39.3 Å². The molecule has 134 valence electrons. The molecule has 1 unspecified atom stereocenters. The Hall–Kier alpha value is -0.760. The predicted octanol–water partition coefficient (Wildman–Crippen LogP) is 2.36. The second-order valence-electron chi connectivity index (χ2n) is 5.93. The highest BCUT2D eigenvalue weighted by atomic mass is 35.5. The molecule has 0 spiro atoms. The fraction of sp³-hybridized carbons (Fsp3) is 0.562. The van der Waals surface area contributed by atoms with Gasteiger partial charge in [-0.1, -0.05) is 23.7 Å². The lowest BCUT2D eigenvalue weighted by molar-refractivity contribution is -0.125. The number of nitrogens with zero attached hydrogens (tertiary/aromatic N) is 1. The number of halogens is 1. The van der Waals surface area contributed by atoms with E-state index in [1.807, 2.05) is 24.3 Å². The van der Waals surface area contributed by atoms with E-state index in [1.165, 1.54) is 10.6 Å². The van der Waals surface area contributed by atoms with Crippen molar-refractivity contribution in [3.05, 3.63) is 34.9 Å². The maximum absolute atomic E-state index is 12.2. The van der Waals surface area contributed by atoms with E-state index in [-0.39, 0.29) is 11.8 Å². The second-order valence-corrected chi connectivity index (χ2v) is 9.46. The molecule has 0 aliphatic carbocycles. The summed E-state index contributed by atoms with van der Waals surface area (Å²) in [7, 11) is -3.22. The van der Waals surface area contributed by atoms with E-state index < -0.39 is 10.0 Å². The highest BCUT2D eigenvalue weighted by Gasteiger charge is 2.29. The molecule has 1 aromatic rings. The summed E-state index contributed by atoms with van der Waals surface area (Å²) in [4.78, 5) is 12.2. The minimum atomic E-state index is -3.22. The number of hydrogen-bond acceptors (Lipinski definition) is 4. The molecule has 1 N–H and O–H groups in total. The van der Waals surface area contributed by atoms with Gasteiger partial charge in [-0.15, -0.1) is 0 Å². The Kier molecular flexibility index (Phi) is 7.40. The molecule has 1 aromatic carbocycles. The Balaban J connectivity index is 1.67. The average Bonchev–Trinajstić information content (AvgIpc) is 2.54. The van der Waals surface area contributed by atoms with Gasteiger partial charge in [-0.25, -0.2) is 12.7 Å². The van der Waals surface area contributed by atoms with Gasteiger partial charge in [-0.05, 0) is 30.5 Å². The first-order chi connectivity index (χ1) is 11.4. The summed E-state index contributed by atoms with van der Waals surface area (Å²) in [6, 6.07) is 7.74. The Morgan fingerprint density at radius 1 is 1.46 bits per heavy atom. The van der Waals surface area contributed by atoms with Gasteiger partial charge in [0, 0.05) is 36.2 Å². The molecule has 1 saturated heterocycles. The minimum Gasteiger partial charge on any atom is -0.355 e. The summed E-state index contributed by atoms with van der Waals surface area (Å²) in [6.07, 6.45) is 2.67. The van der Waals surface area contributed by atoms with Gasteiger partial charge in [0.2, 0.25) is 15.9 Å². The maximum Gasteiger partial charge on any atom is 0.224 e. The van der Waals surface area contributed by atoms with Gasteiger partial charge in [0.15, 0.2) is 0 Å². The Labute approximate surface area is 153 Å². The topological polar surface area (TPSA) is 66.5 Å². The molecule has 1 atom stereocenters. The molecule has 1 heterocycles. The van der Waals surface area contributed by atoms with Crippen molar-refractivity contribution in [2.75, 3.05) is 31.6 Å². The smallest absolute Gasteiger partial charge is 0.224 e. The molecule has 8 heteroatoms. The van der Waals surface area contributed by atoms with Gasteiger partial charge >= 0.3 is 0 Å². The molecule has 2 rings (SSSR count). The molecular formula is C16H23ClN2O3S2. The van der Waals surface area contributed by atoms with Crippen molar-refractivity contribution < 1.29 is 13.2 Å². The number of sulfonamides is 1. The van der Waals surface area contributed by atoms with Crippen LogP contribution in [0.5, 0.6) is 0 Å². The van der Waals surface area contributed by atoms with E-state index >= 15 is 0 Å². The monoisotopic (exact) mass is 390 g/mol. The number of rotatable bonds is 7. The van der Waals surface area contributed by atoms with Crippen LogP contribution in [0, 0.1) is 5.92 Å². The average molecular weight is 391 g/mol. The third-order valence-corrected chi connectivity index (χ3v) is 6.46. The molecule has 0 radical (unpaired) electrons. The number of hydrogen-bond donors (Lipinski definition) is 1. The van der Waals surface area contributed by atoms with Crippen LogP contribution in [0.1, 0.15) is 18.4 Å². The lowest BCUT2D eigenvalue weighted by Crippen LogP contribution is -2.45. The Morgan fingerprint density at radius 2 is 2.25 bits per heavy atom. The van der Waals surface area contributed by atoms with E-state index in [9.17, 15) is 13.2 Å². The summed E-state index contributed by atoms with van der Waals surface area (Å²) in [5.74, 6) is 1.36. The SMILES string of the molecule is CS(=O)(=O)N1CCCC(C(=O)NCCSCc2cccc(Cl)c2)C1. The summed E-state index contributed by atoms with van der Waals surface area (Å²) < 4.78 is 24.6. The molecule has 0 bridgehead atoms. The van der Waals surface area contributed by atoms with Crippen LogP contribution >= 0.6 is 23.4 Å². The lowest BCUT2D eigenvalue weighted by atomic mass is 9.99. The highest BCUT2D eigenvalue weighted by molar-refractivity contribution is 7.98. The van der Waals surface area contributed by atoms with Gasteiger partial charge in [-0.3, -0.25) is 4.79 Å². The van der Waals surface area contributed by atoms with Crippen LogP contribution in [-0.4, -0.2) is 50.3 Å². The van der Waals surface area contributed by atoms with Gasteiger partial charge in [-0.2, -0.15) is 11.8 Å². The largest absolute Gasteiger partial charge is 0.355 e. The van der Waals surface area contributed by atoms with E-state index in [2.05, 4.69) is 5.32 Å². The van der Waals surface area contributed by atoms with Crippen molar-refractivity contribution in [2.45, 2.75) is 18.6 Å². The zero-order valence-corrected chi connectivity index (χ0v) is 16.1. The fourth-order valence-electron chi connectivity index (χ4n) is 2.67. The number of nitrogens with one attached hydrogen (secondary N) is 1. The molecule has 0 aromatic heterocycles. The third kappa shape index (κ3) is 6.27. The van der Waals surface area contributed by atoms with Crippen molar-refractivity contribution in [3.8, 4) is 0 Å². The Morgan fingerprint density at radius 3 is 2.96 bits per heavy atom. The van der Waals surface area contributed by atoms with Gasteiger partial charge < -0.3 is 5.32 Å². The molecule has 1 aliphatic rings. The van der Waals surface area contributed by atoms with Gasteiger partial charge in [0.1, 0.15) is 0 Å². The summed E-state index contributed by atoms with van der Waals surface area (Å²) in [6.45, 7) is 1.39. The highest BCUT2D eigenvalue weighted by Crippen LogP contribution is 2.19. The maximum atomic E-state index is 12.2. The number of amides is 1. The van der Waals surface area contributed by atoms with E-state index in [4.69, 9.17) is 11.6 Å². The van der Waals surface area contributed by atoms with Crippen LogP contribution in [-0.2, 0) is 20.6 Å². The predicted molar refractivity (Wildman–Crippen MR) is 99.8 cm³/mol. The fourth-order valence-corrected chi connectivity index (χ4v) is 4.60. The lowest BCUT2D eigenvalue weighted by Gasteiger charge is -2.30. The van der Waals surface area contributed by atoms with Crippen LogP contribution in [0.2, 0.25) is 5.02 Å². The van der Waals surface area contributed by atoms with Crippen LogP contribution in [0.4, 0.5) is 0 Å². The number of thioether (sulfide) groups is 1. The second kappa shape index (κ2) is 9.08. The van der Waals surface area contributed by atoms with E-state index in [1.54, 1.807) is 11.8 Å². The number of piperidine rings is 1. The van der Waals surface area contributed by atoms with Crippen LogP contribution < -0.4 is 5.32 Å². The number of carbonyl (C=O) groups is 1.